The number of hydrogen-bond acceptors (Lipinski definition) is 5. The first-order valence-corrected chi connectivity index (χ1v) is 7.11. The summed E-state index contributed by atoms with van der Waals surface area (Å²) in [4.78, 5) is 10.6. The van der Waals surface area contributed by atoms with Gasteiger partial charge in [0.05, 0.1) is 11.4 Å². The molecule has 20 heavy (non-hydrogen) atoms. The third-order valence-electron chi connectivity index (χ3n) is 2.27. The van der Waals surface area contributed by atoms with Crippen LogP contribution in [0.4, 0.5) is 0 Å². The monoisotopic (exact) mass is 333 g/mol. The molecule has 0 radical (unpaired) electrons. The van der Waals surface area contributed by atoms with Crippen molar-refractivity contribution >= 4 is 40.9 Å². The number of thioether (sulfide) groups is 1. The largest absolute Gasteiger partial charge is 0.481 e. The van der Waals surface area contributed by atoms with Gasteiger partial charge in [-0.15, -0.1) is 10.2 Å². The summed E-state index contributed by atoms with van der Waals surface area (Å²) >= 11 is 12.9. The van der Waals surface area contributed by atoms with E-state index in [2.05, 4.69) is 10.2 Å². The summed E-state index contributed by atoms with van der Waals surface area (Å²) in [5.41, 5.74) is 0.560. The summed E-state index contributed by atoms with van der Waals surface area (Å²) in [6.07, 6.45) is 0. The Hall–Kier alpha value is -1.28. The minimum absolute atomic E-state index is 0.169. The molecule has 6 nitrogen and oxygen atoms in total. The lowest BCUT2D eigenvalue weighted by Crippen LogP contribution is -2.05. The lowest BCUT2D eigenvalue weighted by atomic mass is 10.3. The molecule has 1 heterocycles. The number of carbonyl (C=O) groups is 1. The van der Waals surface area contributed by atoms with Crippen LogP contribution in [0.15, 0.2) is 23.4 Å². The Morgan fingerprint density at radius 3 is 2.45 bits per heavy atom. The number of carboxylic acids is 1. The Morgan fingerprint density at radius 2 is 1.90 bits per heavy atom. The van der Waals surface area contributed by atoms with Crippen molar-refractivity contribution in [2.24, 2.45) is 0 Å². The van der Waals surface area contributed by atoms with Crippen molar-refractivity contribution < 1.29 is 15.0 Å². The number of rotatable bonds is 5. The lowest BCUT2D eigenvalue weighted by Gasteiger charge is -2.09. The number of nitrogens with zero attached hydrogens (tertiary/aromatic N) is 3. The first-order valence-electron chi connectivity index (χ1n) is 5.37. The van der Waals surface area contributed by atoms with Crippen LogP contribution in [-0.2, 0) is 11.4 Å². The quantitative estimate of drug-likeness (QED) is 0.816. The molecular weight excluding hydrogens is 325 g/mol. The highest BCUT2D eigenvalue weighted by Crippen LogP contribution is 2.27. The molecule has 0 bridgehead atoms. The van der Waals surface area contributed by atoms with Gasteiger partial charge < -0.3 is 10.2 Å². The fourth-order valence-electron chi connectivity index (χ4n) is 1.55. The molecule has 0 aliphatic rings. The van der Waals surface area contributed by atoms with Crippen LogP contribution in [0.5, 0.6) is 0 Å². The Labute approximate surface area is 128 Å². The molecule has 0 aliphatic heterocycles. The molecule has 106 valence electrons. The maximum atomic E-state index is 10.6. The number of halogens is 2. The van der Waals surface area contributed by atoms with Crippen molar-refractivity contribution in [2.75, 3.05) is 5.75 Å². The average Bonchev–Trinajstić information content (AvgIpc) is 2.77. The van der Waals surface area contributed by atoms with Gasteiger partial charge in [0.1, 0.15) is 6.61 Å². The molecule has 2 rings (SSSR count). The molecule has 0 saturated carbocycles. The first kappa shape index (κ1) is 15.1. The molecule has 0 spiro atoms. The SMILES string of the molecule is O=C(O)CSc1nnc(CO)n1-c1cc(Cl)cc(Cl)c1. The molecule has 2 N–H and O–H groups in total. The predicted octanol–water partition coefficient (Wildman–Crippen LogP) is 2.24. The maximum absolute atomic E-state index is 10.6. The van der Waals surface area contributed by atoms with Crippen LogP contribution in [0, 0.1) is 0 Å². The topological polar surface area (TPSA) is 88.2 Å². The Morgan fingerprint density at radius 1 is 1.25 bits per heavy atom. The van der Waals surface area contributed by atoms with Crippen molar-refractivity contribution in [3.05, 3.63) is 34.1 Å². The van der Waals surface area contributed by atoms with Gasteiger partial charge in [-0.2, -0.15) is 0 Å². The van der Waals surface area contributed by atoms with E-state index < -0.39 is 5.97 Å². The molecule has 0 unspecified atom stereocenters. The van der Waals surface area contributed by atoms with Gasteiger partial charge >= 0.3 is 5.97 Å². The van der Waals surface area contributed by atoms with Crippen molar-refractivity contribution in [2.45, 2.75) is 11.8 Å². The van der Waals surface area contributed by atoms with Crippen LogP contribution in [0.25, 0.3) is 5.69 Å². The zero-order valence-electron chi connectivity index (χ0n) is 9.95. The predicted molar refractivity (Wildman–Crippen MR) is 75.7 cm³/mol. The van der Waals surface area contributed by atoms with Crippen LogP contribution in [0.3, 0.4) is 0 Å². The van der Waals surface area contributed by atoms with Crippen molar-refractivity contribution in [1.29, 1.82) is 0 Å². The van der Waals surface area contributed by atoms with Crippen molar-refractivity contribution in [3.63, 3.8) is 0 Å². The summed E-state index contributed by atoms with van der Waals surface area (Å²) in [6.45, 7) is -0.342. The Bertz CT molecular complexity index is 628. The van der Waals surface area contributed by atoms with E-state index in [-0.39, 0.29) is 18.2 Å². The third kappa shape index (κ3) is 3.43. The molecule has 0 atom stereocenters. The number of aromatic nitrogens is 3. The molecule has 0 fully saturated rings. The van der Waals surface area contributed by atoms with Gasteiger partial charge in [0.2, 0.25) is 0 Å². The summed E-state index contributed by atoms with van der Waals surface area (Å²) in [5, 5.41) is 26.9. The average molecular weight is 334 g/mol. The fraction of sp³-hybridized carbons (Fsp3) is 0.182. The van der Waals surface area contributed by atoms with Crippen LogP contribution in [-0.4, -0.2) is 36.7 Å². The molecule has 9 heteroatoms. The smallest absolute Gasteiger partial charge is 0.313 e. The highest BCUT2D eigenvalue weighted by atomic mass is 35.5. The molecule has 1 aromatic heterocycles. The first-order chi connectivity index (χ1) is 9.51. The van der Waals surface area contributed by atoms with Gasteiger partial charge in [0, 0.05) is 10.0 Å². The standard InChI is InChI=1S/C11H9Cl2N3O3S/c12-6-1-7(13)3-8(2-6)16-9(4-17)14-15-11(16)20-5-10(18)19/h1-3,17H,4-5H2,(H,18,19). The minimum atomic E-state index is -0.973. The zero-order chi connectivity index (χ0) is 14.7. The number of hydrogen-bond donors (Lipinski definition) is 2. The van der Waals surface area contributed by atoms with Gasteiger partial charge in [0.25, 0.3) is 0 Å². The molecule has 0 aliphatic carbocycles. The van der Waals surface area contributed by atoms with Crippen LogP contribution >= 0.6 is 35.0 Å². The minimum Gasteiger partial charge on any atom is -0.481 e. The molecule has 0 amide bonds. The number of aliphatic hydroxyl groups is 1. The highest BCUT2D eigenvalue weighted by molar-refractivity contribution is 7.99. The van der Waals surface area contributed by atoms with Crippen molar-refractivity contribution in [3.8, 4) is 5.69 Å². The van der Waals surface area contributed by atoms with Gasteiger partial charge in [-0.1, -0.05) is 35.0 Å². The second-order valence-electron chi connectivity index (χ2n) is 3.70. The van der Waals surface area contributed by atoms with E-state index in [0.717, 1.165) is 11.8 Å². The summed E-state index contributed by atoms with van der Waals surface area (Å²) in [6, 6.07) is 4.82. The molecular formula is C11H9Cl2N3O3S. The van der Waals surface area contributed by atoms with Crippen molar-refractivity contribution in [1.82, 2.24) is 14.8 Å². The van der Waals surface area contributed by atoms with E-state index in [4.69, 9.17) is 28.3 Å². The number of aliphatic hydroxyl groups excluding tert-OH is 1. The lowest BCUT2D eigenvalue weighted by molar-refractivity contribution is -0.133. The van der Waals surface area contributed by atoms with E-state index in [1.165, 1.54) is 4.57 Å². The Balaban J connectivity index is 2.47. The number of aliphatic carboxylic acids is 1. The highest BCUT2D eigenvalue weighted by Gasteiger charge is 2.15. The maximum Gasteiger partial charge on any atom is 0.313 e. The normalized spacial score (nSPS) is 10.8. The van der Waals surface area contributed by atoms with Crippen LogP contribution < -0.4 is 0 Å². The number of benzene rings is 1. The van der Waals surface area contributed by atoms with Crippen LogP contribution in [0.1, 0.15) is 5.82 Å². The van der Waals surface area contributed by atoms with Gasteiger partial charge in [-0.3, -0.25) is 9.36 Å². The second-order valence-corrected chi connectivity index (χ2v) is 5.52. The number of carboxylic acid groups (broad SMARTS) is 1. The molecule has 1 aromatic carbocycles. The van der Waals surface area contributed by atoms with E-state index in [1.807, 2.05) is 0 Å². The zero-order valence-corrected chi connectivity index (χ0v) is 12.3. The summed E-state index contributed by atoms with van der Waals surface area (Å²) in [5.74, 6) is -0.867. The van der Waals surface area contributed by atoms with Gasteiger partial charge in [-0.25, -0.2) is 0 Å². The molecule has 2 aromatic rings. The van der Waals surface area contributed by atoms with E-state index in [0.29, 0.717) is 20.9 Å². The van der Waals surface area contributed by atoms with Crippen LogP contribution in [0.2, 0.25) is 10.0 Å². The fourth-order valence-corrected chi connectivity index (χ4v) is 2.76. The molecule has 0 saturated heterocycles. The summed E-state index contributed by atoms with van der Waals surface area (Å²) < 4.78 is 1.52. The third-order valence-corrected chi connectivity index (χ3v) is 3.62. The second kappa shape index (κ2) is 6.45. The van der Waals surface area contributed by atoms with E-state index in [1.54, 1.807) is 18.2 Å². The van der Waals surface area contributed by atoms with Gasteiger partial charge in [-0.05, 0) is 18.2 Å². The van der Waals surface area contributed by atoms with Gasteiger partial charge in [0.15, 0.2) is 11.0 Å². The Kier molecular flexibility index (Phi) is 4.87. The summed E-state index contributed by atoms with van der Waals surface area (Å²) in [7, 11) is 0. The van der Waals surface area contributed by atoms with E-state index >= 15 is 0 Å². The van der Waals surface area contributed by atoms with E-state index in [9.17, 15) is 9.90 Å².